The van der Waals surface area contributed by atoms with Crippen molar-refractivity contribution in [3.05, 3.63) is 101 Å². The summed E-state index contributed by atoms with van der Waals surface area (Å²) in [6, 6.07) is 21.3. The van der Waals surface area contributed by atoms with Crippen LogP contribution in [0.25, 0.3) is 21.3 Å². The van der Waals surface area contributed by atoms with Gasteiger partial charge in [0.1, 0.15) is 17.2 Å². The van der Waals surface area contributed by atoms with E-state index >= 15 is 0 Å². The fourth-order valence-corrected chi connectivity index (χ4v) is 8.63. The predicted molar refractivity (Wildman–Crippen MR) is 203 cm³/mol. The summed E-state index contributed by atoms with van der Waals surface area (Å²) in [5, 5.41) is 8.65. The van der Waals surface area contributed by atoms with Crippen LogP contribution in [0, 0.1) is 0 Å². The molecule has 2 heterocycles. The number of carbonyl (C=O) groups excluding carboxylic acids is 3. The summed E-state index contributed by atoms with van der Waals surface area (Å²) in [4.78, 5) is 40.6. The Balaban J connectivity index is 1.37. The van der Waals surface area contributed by atoms with Gasteiger partial charge in [-0.25, -0.2) is 27.7 Å². The quantitative estimate of drug-likeness (QED) is 0.0963. The van der Waals surface area contributed by atoms with Gasteiger partial charge in [-0.3, -0.25) is 4.79 Å². The number of rotatable bonds is 14. The second-order valence-electron chi connectivity index (χ2n) is 12.3. The molecule has 1 unspecified atom stereocenters. The van der Waals surface area contributed by atoms with E-state index in [-0.39, 0.29) is 27.8 Å². The van der Waals surface area contributed by atoms with E-state index in [1.165, 1.54) is 0 Å². The SMILES string of the molecule is CC(C)(C)OC(=O)NS(=O)(=O)NCc1nnc(C(c2nc3ccc(-c4ccc(C(=O)I)cc4)cc3s2)S(=O)(=O)CCNC(=O)OCc2ccccc2)o1. The molecule has 2 aromatic heterocycles. The summed E-state index contributed by atoms with van der Waals surface area (Å²) in [5.41, 5.74) is 2.44. The third-order valence-corrected chi connectivity index (χ3v) is 11.8. The van der Waals surface area contributed by atoms with Crippen molar-refractivity contribution in [2.24, 2.45) is 0 Å². The van der Waals surface area contributed by atoms with Gasteiger partial charge in [-0.05, 0) is 61.7 Å². The molecule has 0 aliphatic rings. The van der Waals surface area contributed by atoms with Gasteiger partial charge in [0, 0.05) is 34.7 Å². The number of hydrogen-bond donors (Lipinski definition) is 3. The average Bonchev–Trinajstić information content (AvgIpc) is 3.72. The standard InChI is InChI=1S/C33H33IN6O10S3/c1-33(2,3)50-32(43)40-53(46,47)36-18-26-38-39-29(49-26)27(52(44,45)16-15-35-31(42)48-19-20-7-5-4-6-8-20)30-37-24-14-13-23(17-25(24)51-30)21-9-11-22(12-10-21)28(34)41/h4-14,17,27,36H,15-16,18-19H2,1-3H3,(H,35,42)(H,40,43). The zero-order chi connectivity index (χ0) is 38.4. The summed E-state index contributed by atoms with van der Waals surface area (Å²) >= 11 is 2.78. The van der Waals surface area contributed by atoms with E-state index in [0.717, 1.165) is 28.0 Å². The van der Waals surface area contributed by atoms with Crippen LogP contribution in [-0.4, -0.2) is 65.9 Å². The molecule has 20 heteroatoms. The molecular formula is C33H33IN6O10S3. The third-order valence-electron chi connectivity index (χ3n) is 7.04. The molecule has 53 heavy (non-hydrogen) atoms. The zero-order valence-electron chi connectivity index (χ0n) is 28.4. The molecular weight excluding hydrogens is 863 g/mol. The summed E-state index contributed by atoms with van der Waals surface area (Å²) in [5.74, 6) is -1.29. The van der Waals surface area contributed by atoms with Crippen LogP contribution in [0.5, 0.6) is 0 Å². The molecule has 16 nitrogen and oxygen atoms in total. The van der Waals surface area contributed by atoms with Crippen molar-refractivity contribution in [3.8, 4) is 11.1 Å². The fraction of sp³-hybridized carbons (Fsp3) is 0.273. The van der Waals surface area contributed by atoms with Crippen molar-refractivity contribution in [2.75, 3.05) is 12.3 Å². The van der Waals surface area contributed by atoms with Gasteiger partial charge in [-0.1, -0.05) is 48.5 Å². The van der Waals surface area contributed by atoms with Crippen molar-refractivity contribution in [2.45, 2.75) is 44.8 Å². The van der Waals surface area contributed by atoms with Crippen molar-refractivity contribution in [3.63, 3.8) is 0 Å². The second kappa shape index (κ2) is 16.7. The van der Waals surface area contributed by atoms with E-state index in [9.17, 15) is 31.2 Å². The number of aromatic nitrogens is 3. The van der Waals surface area contributed by atoms with E-state index in [1.54, 1.807) is 103 Å². The van der Waals surface area contributed by atoms with Crippen molar-refractivity contribution in [1.82, 2.24) is 29.9 Å². The summed E-state index contributed by atoms with van der Waals surface area (Å²) < 4.78 is 72.8. The lowest BCUT2D eigenvalue weighted by atomic mass is 10.0. The second-order valence-corrected chi connectivity index (χ2v) is 18.0. The van der Waals surface area contributed by atoms with E-state index < -0.39 is 61.3 Å². The lowest BCUT2D eigenvalue weighted by Crippen LogP contribution is -2.42. The number of halogens is 1. The van der Waals surface area contributed by atoms with E-state index in [2.05, 4.69) is 25.2 Å². The minimum Gasteiger partial charge on any atom is -0.445 e. The number of alkyl carbamates (subject to hydrolysis) is 1. The van der Waals surface area contributed by atoms with E-state index in [4.69, 9.17) is 13.9 Å². The maximum atomic E-state index is 14.0. The first kappa shape index (κ1) is 39.7. The van der Waals surface area contributed by atoms with Crippen LogP contribution in [0.3, 0.4) is 0 Å². The van der Waals surface area contributed by atoms with E-state index in [1.807, 2.05) is 18.2 Å². The molecule has 3 N–H and O–H groups in total. The van der Waals surface area contributed by atoms with Crippen molar-refractivity contribution in [1.29, 1.82) is 0 Å². The van der Waals surface area contributed by atoms with Crippen LogP contribution in [0.4, 0.5) is 9.59 Å². The molecule has 2 amide bonds. The minimum absolute atomic E-state index is 0.0158. The number of amides is 2. The first-order valence-electron chi connectivity index (χ1n) is 15.7. The number of nitrogens with one attached hydrogen (secondary N) is 3. The Bertz CT molecular complexity index is 2330. The maximum Gasteiger partial charge on any atom is 0.422 e. The highest BCUT2D eigenvalue weighted by atomic mass is 127. The molecule has 0 aliphatic heterocycles. The average molecular weight is 897 g/mol. The van der Waals surface area contributed by atoms with Gasteiger partial charge in [0.15, 0.2) is 15.1 Å². The molecule has 0 bridgehead atoms. The maximum absolute atomic E-state index is 14.0. The fourth-order valence-electron chi connectivity index (χ4n) is 4.67. The summed E-state index contributed by atoms with van der Waals surface area (Å²) in [6.45, 7) is 3.74. The van der Waals surface area contributed by atoms with Crippen LogP contribution in [-0.2, 0) is 42.7 Å². The van der Waals surface area contributed by atoms with Gasteiger partial charge in [-0.2, -0.15) is 13.1 Å². The number of hydrogen-bond acceptors (Lipinski definition) is 14. The van der Waals surface area contributed by atoms with Gasteiger partial charge in [-0.15, -0.1) is 21.5 Å². The number of benzene rings is 3. The Morgan fingerprint density at radius 2 is 1.62 bits per heavy atom. The van der Waals surface area contributed by atoms with Gasteiger partial charge in [0.25, 0.3) is 0 Å². The number of carbonyl (C=O) groups is 3. The molecule has 1 atom stereocenters. The molecule has 0 saturated carbocycles. The molecule has 0 spiro atoms. The summed E-state index contributed by atoms with van der Waals surface area (Å²) in [6.07, 6.45) is -2.04. The lowest BCUT2D eigenvalue weighted by Gasteiger charge is -2.19. The number of thiazole rings is 1. The van der Waals surface area contributed by atoms with Gasteiger partial charge in [0.2, 0.25) is 15.6 Å². The molecule has 0 saturated heterocycles. The zero-order valence-corrected chi connectivity index (χ0v) is 33.0. The Morgan fingerprint density at radius 1 is 0.925 bits per heavy atom. The molecule has 0 aliphatic carbocycles. The Kier molecular flexibility index (Phi) is 12.5. The number of ether oxygens (including phenoxy) is 2. The van der Waals surface area contributed by atoms with Crippen molar-refractivity contribution >= 4 is 80.2 Å². The molecule has 0 radical (unpaired) electrons. The van der Waals surface area contributed by atoms with Crippen LogP contribution < -0.4 is 14.8 Å². The molecule has 3 aromatic carbocycles. The predicted octanol–water partition coefficient (Wildman–Crippen LogP) is 5.21. The first-order valence-corrected chi connectivity index (χ1v) is 20.8. The van der Waals surface area contributed by atoms with Crippen LogP contribution >= 0.6 is 33.9 Å². The molecule has 0 fully saturated rings. The Labute approximate surface area is 322 Å². The van der Waals surface area contributed by atoms with Crippen LogP contribution in [0.2, 0.25) is 0 Å². The number of sulfone groups is 1. The van der Waals surface area contributed by atoms with Gasteiger partial charge < -0.3 is 19.2 Å². The summed E-state index contributed by atoms with van der Waals surface area (Å²) in [7, 11) is -8.68. The van der Waals surface area contributed by atoms with E-state index in [0.29, 0.717) is 15.8 Å². The largest absolute Gasteiger partial charge is 0.445 e. The smallest absolute Gasteiger partial charge is 0.422 e. The Morgan fingerprint density at radius 3 is 2.30 bits per heavy atom. The van der Waals surface area contributed by atoms with Gasteiger partial charge >= 0.3 is 22.4 Å². The van der Waals surface area contributed by atoms with Crippen molar-refractivity contribution < 1.29 is 45.1 Å². The number of fused-ring (bicyclic) bond motifs is 1. The molecule has 5 aromatic rings. The molecule has 280 valence electrons. The monoisotopic (exact) mass is 896 g/mol. The Hall–Kier alpha value is -4.51. The lowest BCUT2D eigenvalue weighted by molar-refractivity contribution is 0.0569. The normalized spacial score (nSPS) is 12.6. The first-order chi connectivity index (χ1) is 25.0. The van der Waals surface area contributed by atoms with Crippen LogP contribution in [0.15, 0.2) is 77.2 Å². The third kappa shape index (κ3) is 11.2. The topological polar surface area (TPSA) is 226 Å². The van der Waals surface area contributed by atoms with Gasteiger partial charge in [0.05, 0.1) is 22.5 Å². The highest BCUT2D eigenvalue weighted by Gasteiger charge is 2.37. The highest BCUT2D eigenvalue weighted by Crippen LogP contribution is 2.37. The highest BCUT2D eigenvalue weighted by molar-refractivity contribution is 14.1. The molecule has 5 rings (SSSR count). The van der Waals surface area contributed by atoms with Crippen LogP contribution in [0.1, 0.15) is 58.7 Å². The minimum atomic E-state index is -4.44. The number of nitrogens with zero attached hydrogens (tertiary/aromatic N) is 3.